The van der Waals surface area contributed by atoms with Crippen molar-refractivity contribution in [2.24, 2.45) is 0 Å². The first-order valence-electron chi connectivity index (χ1n) is 12.9. The topological polar surface area (TPSA) is 125 Å². The Morgan fingerprint density at radius 3 is 2.49 bits per heavy atom. The van der Waals surface area contributed by atoms with Crippen molar-refractivity contribution < 1.29 is 14.9 Å². The van der Waals surface area contributed by atoms with E-state index in [-0.39, 0.29) is 30.1 Å². The second kappa shape index (κ2) is 8.21. The summed E-state index contributed by atoms with van der Waals surface area (Å²) in [5.74, 6) is 0.270. The highest BCUT2D eigenvalue weighted by atomic mass is 16.5. The maximum absolute atomic E-state index is 13.1. The third-order valence-electron chi connectivity index (χ3n) is 7.90. The molecular formula is C30H23N5O4. The molecule has 9 nitrogen and oxygen atoms in total. The summed E-state index contributed by atoms with van der Waals surface area (Å²) in [4.78, 5) is 24.9. The summed E-state index contributed by atoms with van der Waals surface area (Å²) in [6.07, 6.45) is -0.372. The molecule has 1 saturated heterocycles. The fraction of sp³-hybridized carbons (Fsp3) is 0.167. The Balaban J connectivity index is 1.34. The van der Waals surface area contributed by atoms with E-state index >= 15 is 0 Å². The molecule has 4 N–H and O–H groups in total. The highest BCUT2D eigenvalue weighted by Gasteiger charge is 2.35. The quantitative estimate of drug-likeness (QED) is 0.199. The Labute approximate surface area is 220 Å². The minimum absolute atomic E-state index is 0.173. The average Bonchev–Trinajstić information content (AvgIpc) is 3.56. The molecule has 0 spiro atoms. The molecule has 0 amide bonds. The molecule has 39 heavy (non-hydrogen) atoms. The Bertz CT molecular complexity index is 2100. The number of fused-ring (bicyclic) bond motifs is 3. The van der Waals surface area contributed by atoms with Crippen LogP contribution in [0.1, 0.15) is 12.6 Å². The van der Waals surface area contributed by atoms with Crippen LogP contribution in [0.5, 0.6) is 0 Å². The predicted octanol–water partition coefficient (Wildman–Crippen LogP) is 4.55. The van der Waals surface area contributed by atoms with Gasteiger partial charge in [0.1, 0.15) is 12.3 Å². The van der Waals surface area contributed by atoms with E-state index < -0.39 is 18.4 Å². The number of aliphatic hydroxyl groups is 2. The number of aromatic amines is 1. The van der Waals surface area contributed by atoms with Crippen molar-refractivity contribution in [1.29, 1.82) is 0 Å². The van der Waals surface area contributed by atoms with Crippen LogP contribution in [0, 0.1) is 0 Å². The predicted molar refractivity (Wildman–Crippen MR) is 151 cm³/mol. The molecule has 0 aliphatic carbocycles. The molecule has 3 atom stereocenters. The minimum atomic E-state index is -0.819. The molecule has 7 aromatic rings. The van der Waals surface area contributed by atoms with Crippen molar-refractivity contribution in [3.05, 3.63) is 83.4 Å². The molecule has 0 saturated carbocycles. The van der Waals surface area contributed by atoms with Crippen molar-refractivity contribution in [2.45, 2.75) is 24.9 Å². The van der Waals surface area contributed by atoms with Gasteiger partial charge in [0, 0.05) is 22.6 Å². The van der Waals surface area contributed by atoms with Gasteiger partial charge in [-0.05, 0) is 26.9 Å². The number of hydrogen-bond donors (Lipinski definition) is 4. The lowest BCUT2D eigenvalue weighted by Gasteiger charge is -2.18. The molecule has 0 unspecified atom stereocenters. The van der Waals surface area contributed by atoms with Crippen LogP contribution in [0.2, 0.25) is 0 Å². The van der Waals surface area contributed by atoms with Crippen molar-refractivity contribution in [2.75, 3.05) is 11.9 Å². The zero-order chi connectivity index (χ0) is 26.2. The van der Waals surface area contributed by atoms with Crippen molar-refractivity contribution >= 4 is 65.9 Å². The molecule has 1 aliphatic heterocycles. The van der Waals surface area contributed by atoms with Gasteiger partial charge in [0.05, 0.1) is 24.7 Å². The summed E-state index contributed by atoms with van der Waals surface area (Å²) >= 11 is 0. The summed E-state index contributed by atoms with van der Waals surface area (Å²) in [6.45, 7) is -0.299. The number of nitrogens with zero attached hydrogens (tertiary/aromatic N) is 3. The SMILES string of the molecule is O=c1[nH]c(Nc2c3ccccc3c3ccc4cccc5ccc2c3c54)nc2c1ncn2[C@H]1C[C@H](O)[C@@H](CO)O1. The Kier molecular flexibility index (Phi) is 4.72. The van der Waals surface area contributed by atoms with Crippen LogP contribution in [0.3, 0.4) is 0 Å². The first kappa shape index (κ1) is 22.4. The van der Waals surface area contributed by atoms with E-state index in [2.05, 4.69) is 69.9 Å². The maximum Gasteiger partial charge on any atom is 0.280 e. The molecule has 0 radical (unpaired) electrons. The van der Waals surface area contributed by atoms with Gasteiger partial charge in [0.15, 0.2) is 11.2 Å². The third-order valence-corrected chi connectivity index (χ3v) is 7.90. The lowest BCUT2D eigenvalue weighted by molar-refractivity contribution is -0.0432. The fourth-order valence-corrected chi connectivity index (χ4v) is 6.10. The van der Waals surface area contributed by atoms with E-state index in [0.29, 0.717) is 5.65 Å². The summed E-state index contributed by atoms with van der Waals surface area (Å²) in [5, 5.41) is 32.2. The van der Waals surface area contributed by atoms with Gasteiger partial charge in [0.2, 0.25) is 5.95 Å². The van der Waals surface area contributed by atoms with Gasteiger partial charge in [-0.1, -0.05) is 66.7 Å². The monoisotopic (exact) mass is 517 g/mol. The molecule has 2 aromatic heterocycles. The van der Waals surface area contributed by atoms with Crippen LogP contribution in [-0.2, 0) is 4.74 Å². The lowest BCUT2D eigenvalue weighted by atomic mass is 9.90. The van der Waals surface area contributed by atoms with Crippen LogP contribution in [-0.4, -0.2) is 48.5 Å². The van der Waals surface area contributed by atoms with Crippen LogP contribution in [0.15, 0.2) is 77.9 Å². The van der Waals surface area contributed by atoms with E-state index in [4.69, 9.17) is 9.72 Å². The molecule has 5 aromatic carbocycles. The smallest absolute Gasteiger partial charge is 0.280 e. The number of hydrogen-bond acceptors (Lipinski definition) is 7. The van der Waals surface area contributed by atoms with Gasteiger partial charge < -0.3 is 20.3 Å². The highest BCUT2D eigenvalue weighted by molar-refractivity contribution is 6.33. The number of nitrogens with one attached hydrogen (secondary N) is 2. The minimum Gasteiger partial charge on any atom is -0.394 e. The molecule has 9 heteroatoms. The molecule has 3 heterocycles. The van der Waals surface area contributed by atoms with Gasteiger partial charge in [-0.3, -0.25) is 14.3 Å². The number of H-pyrrole nitrogens is 1. The second-order valence-electron chi connectivity index (χ2n) is 10.1. The third kappa shape index (κ3) is 3.21. The number of aromatic nitrogens is 4. The Morgan fingerprint density at radius 2 is 1.72 bits per heavy atom. The molecule has 0 bridgehead atoms. The van der Waals surface area contributed by atoms with Gasteiger partial charge in [0.25, 0.3) is 5.56 Å². The maximum atomic E-state index is 13.1. The normalized spacial score (nSPS) is 19.8. The number of imidazole rings is 1. The van der Waals surface area contributed by atoms with E-state index in [9.17, 15) is 15.0 Å². The van der Waals surface area contributed by atoms with Gasteiger partial charge in [-0.15, -0.1) is 0 Å². The molecular weight excluding hydrogens is 494 g/mol. The zero-order valence-corrected chi connectivity index (χ0v) is 20.6. The number of benzene rings is 5. The Morgan fingerprint density at radius 1 is 0.949 bits per heavy atom. The fourth-order valence-electron chi connectivity index (χ4n) is 6.10. The van der Waals surface area contributed by atoms with Gasteiger partial charge >= 0.3 is 0 Å². The van der Waals surface area contributed by atoms with E-state index in [0.717, 1.165) is 27.2 Å². The first-order valence-corrected chi connectivity index (χ1v) is 12.9. The highest BCUT2D eigenvalue weighted by Crippen LogP contribution is 2.43. The standard InChI is InChI=1S/C30H23N5O4/c36-13-22-21(37)12-23(39-22)35-14-31-27-28(35)33-30(34-29(27)38)32-26-19-7-2-1-6-17(19)18-10-8-15-4-3-5-16-9-11-20(26)25(18)24(15)16/h1-11,14,21-23,36-37H,12-13H2,(H2,32,33,34,38)/t21-,22+,23+/m0/s1. The molecule has 8 rings (SSSR count). The van der Waals surface area contributed by atoms with Crippen LogP contribution >= 0.6 is 0 Å². The number of anilines is 2. The van der Waals surface area contributed by atoms with Crippen molar-refractivity contribution in [3.8, 4) is 0 Å². The van der Waals surface area contributed by atoms with Crippen LogP contribution in [0.4, 0.5) is 11.6 Å². The summed E-state index contributed by atoms with van der Waals surface area (Å²) in [7, 11) is 0. The van der Waals surface area contributed by atoms with Crippen molar-refractivity contribution in [1.82, 2.24) is 19.5 Å². The number of rotatable bonds is 4. The summed E-state index contributed by atoms with van der Waals surface area (Å²) < 4.78 is 7.44. The first-order chi connectivity index (χ1) is 19.1. The molecule has 1 fully saturated rings. The van der Waals surface area contributed by atoms with Crippen LogP contribution < -0.4 is 10.9 Å². The number of aliphatic hydroxyl groups excluding tert-OH is 2. The van der Waals surface area contributed by atoms with E-state index in [1.807, 2.05) is 12.1 Å². The Hall–Kier alpha value is -4.57. The largest absolute Gasteiger partial charge is 0.394 e. The van der Waals surface area contributed by atoms with Crippen LogP contribution in [0.25, 0.3) is 54.3 Å². The molecule has 1 aliphatic rings. The lowest BCUT2D eigenvalue weighted by Crippen LogP contribution is -2.24. The average molecular weight is 518 g/mol. The van der Waals surface area contributed by atoms with Crippen molar-refractivity contribution in [3.63, 3.8) is 0 Å². The molecule has 192 valence electrons. The number of ether oxygens (including phenoxy) is 1. The van der Waals surface area contributed by atoms with E-state index in [1.54, 1.807) is 4.57 Å². The van der Waals surface area contributed by atoms with Gasteiger partial charge in [-0.25, -0.2) is 4.98 Å². The van der Waals surface area contributed by atoms with E-state index in [1.165, 1.54) is 27.9 Å². The van der Waals surface area contributed by atoms with Gasteiger partial charge in [-0.2, -0.15) is 4.98 Å². The second-order valence-corrected chi connectivity index (χ2v) is 10.1. The summed E-state index contributed by atoms with van der Waals surface area (Å²) in [6, 6.07) is 23.1. The summed E-state index contributed by atoms with van der Waals surface area (Å²) in [5.41, 5.74) is 0.962. The zero-order valence-electron chi connectivity index (χ0n) is 20.6.